The van der Waals surface area contributed by atoms with E-state index in [9.17, 15) is 13.2 Å². The van der Waals surface area contributed by atoms with Crippen LogP contribution >= 0.6 is 0 Å². The predicted octanol–water partition coefficient (Wildman–Crippen LogP) is 1.03. The van der Waals surface area contributed by atoms with E-state index in [-0.39, 0.29) is 10.6 Å². The van der Waals surface area contributed by atoms with Crippen LogP contribution in [0, 0.1) is 6.92 Å². The first-order valence-corrected chi connectivity index (χ1v) is 7.56. The zero-order chi connectivity index (χ0) is 14.3. The fourth-order valence-corrected chi connectivity index (χ4v) is 4.32. The van der Waals surface area contributed by atoms with E-state index in [1.165, 1.54) is 6.92 Å². The molecule has 0 amide bonds. The third-order valence-electron chi connectivity index (χ3n) is 3.45. The van der Waals surface area contributed by atoms with E-state index in [0.29, 0.717) is 0 Å². The first kappa shape index (κ1) is 14.0. The number of nitrogens with zero attached hydrogens (tertiary/aromatic N) is 1. The van der Waals surface area contributed by atoms with E-state index in [1.54, 1.807) is 0 Å². The summed E-state index contributed by atoms with van der Waals surface area (Å²) in [7, 11) is -3.89. The summed E-state index contributed by atoms with van der Waals surface area (Å²) in [6.45, 7) is 3.33. The van der Waals surface area contributed by atoms with Crippen molar-refractivity contribution in [3.63, 3.8) is 0 Å². The van der Waals surface area contributed by atoms with Crippen LogP contribution in [0.1, 0.15) is 48.8 Å². The van der Waals surface area contributed by atoms with Crippen LogP contribution in [0.2, 0.25) is 0 Å². The largest absolute Gasteiger partial charge is 0.476 e. The van der Waals surface area contributed by atoms with Crippen molar-refractivity contribution in [3.05, 3.63) is 11.4 Å². The van der Waals surface area contributed by atoms with Gasteiger partial charge >= 0.3 is 5.97 Å². The number of hydrogen-bond donors (Lipinski definition) is 3. The van der Waals surface area contributed by atoms with Gasteiger partial charge in [0.25, 0.3) is 0 Å². The van der Waals surface area contributed by atoms with Crippen molar-refractivity contribution in [1.29, 1.82) is 0 Å². The Hall–Kier alpha value is -1.41. The van der Waals surface area contributed by atoms with Gasteiger partial charge in [0.1, 0.15) is 4.90 Å². The van der Waals surface area contributed by atoms with Crippen LogP contribution in [0.3, 0.4) is 0 Å². The zero-order valence-corrected chi connectivity index (χ0v) is 11.7. The molecular weight excluding hydrogens is 270 g/mol. The summed E-state index contributed by atoms with van der Waals surface area (Å²) in [5.74, 6) is -1.36. The van der Waals surface area contributed by atoms with E-state index in [4.69, 9.17) is 5.11 Å². The average Bonchev–Trinajstić information content (AvgIpc) is 2.84. The predicted molar refractivity (Wildman–Crippen MR) is 67.5 cm³/mol. The van der Waals surface area contributed by atoms with Crippen molar-refractivity contribution >= 4 is 16.0 Å². The molecule has 0 aromatic carbocycles. The number of carboxylic acids is 1. The maximum absolute atomic E-state index is 12.4. The Balaban J connectivity index is 2.40. The normalized spacial score (nSPS) is 18.6. The van der Waals surface area contributed by atoms with Gasteiger partial charge in [-0.15, -0.1) is 0 Å². The summed E-state index contributed by atoms with van der Waals surface area (Å²) in [4.78, 5) is 10.8. The summed E-state index contributed by atoms with van der Waals surface area (Å²) < 4.78 is 27.4. The van der Waals surface area contributed by atoms with Gasteiger partial charge in [-0.1, -0.05) is 12.8 Å². The van der Waals surface area contributed by atoms with Gasteiger partial charge in [-0.05, 0) is 26.7 Å². The van der Waals surface area contributed by atoms with E-state index in [2.05, 4.69) is 14.9 Å². The highest BCUT2D eigenvalue weighted by atomic mass is 32.2. The molecule has 0 bridgehead atoms. The number of rotatable bonds is 4. The number of aromatic amines is 1. The second kappa shape index (κ2) is 4.61. The van der Waals surface area contributed by atoms with Crippen LogP contribution in [0.4, 0.5) is 0 Å². The van der Waals surface area contributed by atoms with Gasteiger partial charge in [-0.25, -0.2) is 17.9 Å². The van der Waals surface area contributed by atoms with Crippen LogP contribution in [-0.4, -0.2) is 35.2 Å². The lowest BCUT2D eigenvalue weighted by molar-refractivity contribution is 0.0686. The van der Waals surface area contributed by atoms with Crippen molar-refractivity contribution in [2.45, 2.75) is 50.0 Å². The average molecular weight is 287 g/mol. The molecule has 0 aliphatic heterocycles. The summed E-state index contributed by atoms with van der Waals surface area (Å²) in [5, 5.41) is 14.9. The number of carboxylic acid groups (broad SMARTS) is 1. The maximum atomic E-state index is 12.4. The van der Waals surface area contributed by atoms with Crippen molar-refractivity contribution < 1.29 is 18.3 Å². The van der Waals surface area contributed by atoms with Gasteiger partial charge in [0, 0.05) is 5.54 Å². The molecule has 1 heterocycles. The maximum Gasteiger partial charge on any atom is 0.357 e. The molecule has 8 heteroatoms. The Kier molecular flexibility index (Phi) is 3.40. The van der Waals surface area contributed by atoms with Crippen molar-refractivity contribution in [2.24, 2.45) is 0 Å². The highest BCUT2D eigenvalue weighted by Gasteiger charge is 2.37. The molecule has 106 valence electrons. The van der Waals surface area contributed by atoms with Crippen LogP contribution in [0.5, 0.6) is 0 Å². The van der Waals surface area contributed by atoms with Crippen molar-refractivity contribution in [1.82, 2.24) is 14.9 Å². The van der Waals surface area contributed by atoms with Gasteiger partial charge in [0.15, 0.2) is 5.69 Å². The number of H-pyrrole nitrogens is 1. The number of nitrogens with one attached hydrogen (secondary N) is 2. The minimum Gasteiger partial charge on any atom is -0.476 e. The van der Waals surface area contributed by atoms with Gasteiger partial charge in [0.05, 0.1) is 5.69 Å². The quantitative estimate of drug-likeness (QED) is 0.765. The SMILES string of the molecule is Cc1[nH]nc(C(=O)O)c1S(=O)(=O)NC1(C)CCCC1. The molecule has 0 radical (unpaired) electrons. The topological polar surface area (TPSA) is 112 Å². The number of sulfonamides is 1. The second-order valence-electron chi connectivity index (χ2n) is 5.20. The lowest BCUT2D eigenvalue weighted by atomic mass is 10.0. The Morgan fingerprint density at radius 2 is 2.00 bits per heavy atom. The van der Waals surface area contributed by atoms with E-state index < -0.39 is 27.2 Å². The molecule has 1 aromatic rings. The van der Waals surface area contributed by atoms with E-state index >= 15 is 0 Å². The van der Waals surface area contributed by atoms with E-state index in [0.717, 1.165) is 25.7 Å². The molecule has 19 heavy (non-hydrogen) atoms. The Morgan fingerprint density at radius 1 is 1.42 bits per heavy atom. The summed E-state index contributed by atoms with van der Waals surface area (Å²) in [6, 6.07) is 0. The molecule has 2 rings (SSSR count). The van der Waals surface area contributed by atoms with E-state index in [1.807, 2.05) is 6.92 Å². The second-order valence-corrected chi connectivity index (χ2v) is 6.82. The molecule has 7 nitrogen and oxygen atoms in total. The molecule has 0 atom stereocenters. The van der Waals surface area contributed by atoms with Crippen molar-refractivity contribution in [3.8, 4) is 0 Å². The highest BCUT2D eigenvalue weighted by molar-refractivity contribution is 7.89. The highest BCUT2D eigenvalue weighted by Crippen LogP contribution is 2.31. The van der Waals surface area contributed by atoms with Crippen LogP contribution in [-0.2, 0) is 10.0 Å². The molecule has 0 saturated heterocycles. The zero-order valence-electron chi connectivity index (χ0n) is 10.9. The monoisotopic (exact) mass is 287 g/mol. The van der Waals surface area contributed by atoms with Gasteiger partial charge in [-0.3, -0.25) is 5.10 Å². The van der Waals surface area contributed by atoms with Gasteiger partial charge in [0.2, 0.25) is 10.0 Å². The minimum atomic E-state index is -3.89. The lowest BCUT2D eigenvalue weighted by Gasteiger charge is -2.24. The van der Waals surface area contributed by atoms with Crippen LogP contribution < -0.4 is 4.72 Å². The van der Waals surface area contributed by atoms with Crippen LogP contribution in [0.25, 0.3) is 0 Å². The standard InChI is InChI=1S/C11H17N3O4S/c1-7-9(8(10(15)16)13-12-7)19(17,18)14-11(2)5-3-4-6-11/h14H,3-6H2,1-2H3,(H,12,13)(H,15,16). The third kappa shape index (κ3) is 2.64. The molecule has 1 aliphatic rings. The van der Waals surface area contributed by atoms with Crippen molar-refractivity contribution in [2.75, 3.05) is 0 Å². The first-order valence-electron chi connectivity index (χ1n) is 6.07. The minimum absolute atomic E-state index is 0.228. The molecule has 1 aliphatic carbocycles. The molecule has 1 saturated carbocycles. The Morgan fingerprint density at radius 3 is 2.53 bits per heavy atom. The first-order chi connectivity index (χ1) is 8.75. The van der Waals surface area contributed by atoms with Crippen LogP contribution in [0.15, 0.2) is 4.90 Å². The fraction of sp³-hybridized carbons (Fsp3) is 0.636. The smallest absolute Gasteiger partial charge is 0.357 e. The number of aromatic carboxylic acids is 1. The number of aromatic nitrogens is 2. The Labute approximate surface area is 111 Å². The molecule has 3 N–H and O–H groups in total. The molecule has 0 unspecified atom stereocenters. The number of hydrogen-bond acceptors (Lipinski definition) is 4. The fourth-order valence-electron chi connectivity index (χ4n) is 2.53. The molecular formula is C11H17N3O4S. The lowest BCUT2D eigenvalue weighted by Crippen LogP contribution is -2.43. The van der Waals surface area contributed by atoms with Gasteiger partial charge < -0.3 is 5.11 Å². The third-order valence-corrected chi connectivity index (χ3v) is 5.25. The van der Waals surface area contributed by atoms with Gasteiger partial charge in [-0.2, -0.15) is 5.10 Å². The Bertz CT molecular complexity index is 599. The summed E-state index contributed by atoms with van der Waals surface area (Å²) in [6.07, 6.45) is 3.45. The number of aryl methyl sites for hydroxylation is 1. The molecule has 1 aromatic heterocycles. The summed E-state index contributed by atoms with van der Waals surface area (Å²) in [5.41, 5.74) is -0.740. The summed E-state index contributed by atoms with van der Waals surface area (Å²) >= 11 is 0. The molecule has 1 fully saturated rings. The number of carbonyl (C=O) groups is 1. The molecule has 0 spiro atoms.